The Morgan fingerprint density at radius 3 is 2.86 bits per heavy atom. The van der Waals surface area contributed by atoms with Crippen LogP contribution in [0.2, 0.25) is 0 Å². The van der Waals surface area contributed by atoms with Crippen molar-refractivity contribution in [3.8, 4) is 5.75 Å². The molecule has 0 aliphatic heterocycles. The predicted molar refractivity (Wildman–Crippen MR) is 83.1 cm³/mol. The average molecular weight is 296 g/mol. The maximum absolute atomic E-state index is 13.8. The largest absolute Gasteiger partial charge is 0.490 e. The van der Waals surface area contributed by atoms with E-state index < -0.39 is 11.9 Å². The number of benzene rings is 1. The second-order valence-corrected chi connectivity index (χ2v) is 5.67. The first kappa shape index (κ1) is 15.9. The van der Waals surface area contributed by atoms with Crippen LogP contribution in [0.5, 0.6) is 5.75 Å². The lowest BCUT2D eigenvalue weighted by Crippen LogP contribution is -2.32. The summed E-state index contributed by atoms with van der Waals surface area (Å²) in [7, 11) is 0. The van der Waals surface area contributed by atoms with Gasteiger partial charge in [-0.2, -0.15) is 0 Å². The molecule has 1 saturated carbocycles. The van der Waals surface area contributed by atoms with Crippen molar-refractivity contribution in [2.75, 3.05) is 17.7 Å². The molecule has 0 aromatic heterocycles. The van der Waals surface area contributed by atoms with Gasteiger partial charge in [0, 0.05) is 12.1 Å². The number of ether oxygens (including phenoxy) is 1. The van der Waals surface area contributed by atoms with Gasteiger partial charge in [-0.25, -0.2) is 4.39 Å². The first-order chi connectivity index (χ1) is 10.1. The van der Waals surface area contributed by atoms with Gasteiger partial charge in [-0.1, -0.05) is 26.2 Å². The smallest absolute Gasteiger partial charge is 0.167 e. The second kappa shape index (κ2) is 7.50. The Labute approximate surface area is 125 Å². The van der Waals surface area contributed by atoms with Crippen molar-refractivity contribution >= 4 is 11.4 Å². The molecule has 1 fully saturated rings. The molecule has 1 aromatic carbocycles. The van der Waals surface area contributed by atoms with Crippen molar-refractivity contribution in [1.29, 1.82) is 0 Å². The summed E-state index contributed by atoms with van der Waals surface area (Å²) < 4.78 is 19.2. The topological polar surface area (TPSA) is 67.5 Å². The third-order valence-corrected chi connectivity index (χ3v) is 3.89. The van der Waals surface area contributed by atoms with Gasteiger partial charge in [-0.05, 0) is 19.3 Å². The molecule has 2 rings (SSSR count). The van der Waals surface area contributed by atoms with Gasteiger partial charge in [0.2, 0.25) is 0 Å². The molecule has 0 bridgehead atoms. The number of nitrogens with one attached hydrogen (secondary N) is 1. The molecule has 0 radical (unpaired) electrons. The third kappa shape index (κ3) is 4.24. The number of hydrogen-bond acceptors (Lipinski definition) is 4. The molecule has 1 aliphatic carbocycles. The van der Waals surface area contributed by atoms with Crippen LogP contribution < -0.4 is 15.8 Å². The van der Waals surface area contributed by atoms with E-state index in [1.165, 1.54) is 6.07 Å². The Morgan fingerprint density at radius 2 is 2.10 bits per heavy atom. The monoisotopic (exact) mass is 296 g/mol. The molecule has 1 aliphatic rings. The molecule has 0 amide bonds. The Bertz CT molecular complexity index is 468. The Morgan fingerprint density at radius 1 is 1.33 bits per heavy atom. The molecule has 21 heavy (non-hydrogen) atoms. The van der Waals surface area contributed by atoms with E-state index in [0.29, 0.717) is 18.0 Å². The number of aliphatic hydroxyl groups excluding tert-OH is 1. The van der Waals surface area contributed by atoms with Gasteiger partial charge in [-0.15, -0.1) is 0 Å². The molecule has 0 spiro atoms. The second-order valence-electron chi connectivity index (χ2n) is 5.67. The molecule has 4 N–H and O–H groups in total. The van der Waals surface area contributed by atoms with Gasteiger partial charge >= 0.3 is 0 Å². The Kier molecular flexibility index (Phi) is 5.67. The molecule has 1 aromatic rings. The summed E-state index contributed by atoms with van der Waals surface area (Å²) in [5.74, 6) is -0.246. The van der Waals surface area contributed by atoms with E-state index in [2.05, 4.69) is 5.32 Å². The van der Waals surface area contributed by atoms with Crippen molar-refractivity contribution in [2.24, 2.45) is 0 Å². The summed E-state index contributed by atoms with van der Waals surface area (Å²) in [6.45, 7) is 2.43. The number of halogens is 1. The number of rotatable bonds is 5. The van der Waals surface area contributed by atoms with Crippen LogP contribution >= 0.6 is 0 Å². The zero-order valence-electron chi connectivity index (χ0n) is 12.6. The highest BCUT2D eigenvalue weighted by atomic mass is 19.1. The van der Waals surface area contributed by atoms with Crippen LogP contribution in [0, 0.1) is 5.82 Å². The van der Waals surface area contributed by atoms with E-state index >= 15 is 0 Å². The van der Waals surface area contributed by atoms with Crippen LogP contribution in [-0.2, 0) is 0 Å². The molecule has 4 nitrogen and oxygen atoms in total. The first-order valence-corrected chi connectivity index (χ1v) is 7.78. The highest BCUT2D eigenvalue weighted by Gasteiger charge is 2.22. The fourth-order valence-corrected chi connectivity index (χ4v) is 2.67. The summed E-state index contributed by atoms with van der Waals surface area (Å²) in [6, 6.07) is 2.83. The minimum atomic E-state index is -0.451. The Balaban J connectivity index is 2.14. The minimum Gasteiger partial charge on any atom is -0.490 e. The fourth-order valence-electron chi connectivity index (χ4n) is 2.67. The van der Waals surface area contributed by atoms with Gasteiger partial charge < -0.3 is 20.9 Å². The maximum Gasteiger partial charge on any atom is 0.167 e. The molecule has 5 heteroatoms. The summed E-state index contributed by atoms with van der Waals surface area (Å²) in [5, 5.41) is 13.4. The lowest BCUT2D eigenvalue weighted by molar-refractivity contribution is 0.144. The van der Waals surface area contributed by atoms with Gasteiger partial charge in [0.15, 0.2) is 11.6 Å². The molecule has 0 saturated heterocycles. The lowest BCUT2D eigenvalue weighted by atomic mass is 10.1. The van der Waals surface area contributed by atoms with Gasteiger partial charge in [0.1, 0.15) is 0 Å². The van der Waals surface area contributed by atoms with Crippen molar-refractivity contribution in [2.45, 2.75) is 57.6 Å². The van der Waals surface area contributed by atoms with E-state index in [1.54, 1.807) is 6.07 Å². The van der Waals surface area contributed by atoms with E-state index in [1.807, 2.05) is 6.92 Å². The zero-order chi connectivity index (χ0) is 15.2. The van der Waals surface area contributed by atoms with E-state index in [4.69, 9.17) is 10.5 Å². The van der Waals surface area contributed by atoms with Gasteiger partial charge in [0.05, 0.1) is 30.1 Å². The van der Waals surface area contributed by atoms with Crippen molar-refractivity contribution in [3.63, 3.8) is 0 Å². The summed E-state index contributed by atoms with van der Waals surface area (Å²) in [5.41, 5.74) is 6.85. The first-order valence-electron chi connectivity index (χ1n) is 7.78. The molecular weight excluding hydrogens is 271 g/mol. The lowest BCUT2D eigenvalue weighted by Gasteiger charge is -2.24. The van der Waals surface area contributed by atoms with Crippen LogP contribution in [0.25, 0.3) is 0 Å². The molecule has 2 unspecified atom stereocenters. The SMILES string of the molecule is CCCOc1cc(NC2CCCCCC2O)c(N)cc1F. The highest BCUT2D eigenvalue weighted by Crippen LogP contribution is 2.31. The number of aliphatic hydroxyl groups is 1. The van der Waals surface area contributed by atoms with Crippen LogP contribution in [0.4, 0.5) is 15.8 Å². The number of nitrogens with two attached hydrogens (primary N) is 1. The standard InChI is InChI=1S/C16H25FN2O2/c1-2-8-21-16-10-14(12(18)9-11(16)17)19-13-6-4-3-5-7-15(13)20/h9-10,13,15,19-20H,2-8,18H2,1H3. The molecule has 118 valence electrons. The Hall–Kier alpha value is -1.49. The zero-order valence-corrected chi connectivity index (χ0v) is 12.6. The summed E-state index contributed by atoms with van der Waals surface area (Å²) >= 11 is 0. The number of anilines is 2. The minimum absolute atomic E-state index is 0.0423. The van der Waals surface area contributed by atoms with Crippen LogP contribution in [0.15, 0.2) is 12.1 Å². The van der Waals surface area contributed by atoms with Crippen LogP contribution in [-0.4, -0.2) is 23.9 Å². The van der Waals surface area contributed by atoms with Crippen molar-refractivity contribution < 1.29 is 14.2 Å². The fraction of sp³-hybridized carbons (Fsp3) is 0.625. The van der Waals surface area contributed by atoms with Crippen LogP contribution in [0.1, 0.15) is 45.4 Å². The molecule has 2 atom stereocenters. The van der Waals surface area contributed by atoms with E-state index in [-0.39, 0.29) is 11.8 Å². The van der Waals surface area contributed by atoms with Gasteiger partial charge in [-0.3, -0.25) is 0 Å². The third-order valence-electron chi connectivity index (χ3n) is 3.89. The maximum atomic E-state index is 13.8. The normalized spacial score (nSPS) is 22.6. The van der Waals surface area contributed by atoms with Gasteiger partial charge in [0.25, 0.3) is 0 Å². The predicted octanol–water partition coefficient (Wildman–Crippen LogP) is 3.30. The average Bonchev–Trinajstić information content (AvgIpc) is 2.65. The van der Waals surface area contributed by atoms with E-state index in [0.717, 1.165) is 38.5 Å². The summed E-state index contributed by atoms with van der Waals surface area (Å²) in [4.78, 5) is 0. The highest BCUT2D eigenvalue weighted by molar-refractivity contribution is 5.69. The summed E-state index contributed by atoms with van der Waals surface area (Å²) in [6.07, 6.45) is 5.36. The number of nitrogen functional groups attached to an aromatic ring is 1. The quantitative estimate of drug-likeness (QED) is 0.576. The van der Waals surface area contributed by atoms with Crippen LogP contribution in [0.3, 0.4) is 0 Å². The molecular formula is C16H25FN2O2. The van der Waals surface area contributed by atoms with E-state index in [9.17, 15) is 9.50 Å². The van der Waals surface area contributed by atoms with Crippen molar-refractivity contribution in [1.82, 2.24) is 0 Å². The van der Waals surface area contributed by atoms with Crippen molar-refractivity contribution in [3.05, 3.63) is 17.9 Å². The number of hydrogen-bond donors (Lipinski definition) is 3. The molecule has 0 heterocycles.